The number of aryl methyl sites for hydroxylation is 2. The second-order valence-corrected chi connectivity index (χ2v) is 8.60. The van der Waals surface area contributed by atoms with Gasteiger partial charge in [0.2, 0.25) is 0 Å². The highest BCUT2D eigenvalue weighted by Gasteiger charge is 2.39. The Bertz CT molecular complexity index is 819. The number of hydrogen-bond acceptors (Lipinski definition) is 2. The molecular formula is C24H26OS. The third-order valence-corrected chi connectivity index (χ3v) is 7.11. The van der Waals surface area contributed by atoms with Crippen LogP contribution in [0.25, 0.3) is 6.08 Å². The summed E-state index contributed by atoms with van der Waals surface area (Å²) < 4.78 is 0. The molecule has 0 amide bonds. The zero-order valence-corrected chi connectivity index (χ0v) is 16.2. The van der Waals surface area contributed by atoms with Gasteiger partial charge in [0.15, 0.2) is 0 Å². The molecule has 0 radical (unpaired) electrons. The fourth-order valence-electron chi connectivity index (χ4n) is 4.09. The maximum absolute atomic E-state index is 12.2. The molecule has 134 valence electrons. The molecule has 0 aromatic heterocycles. The Kier molecular flexibility index (Phi) is 5.31. The van der Waals surface area contributed by atoms with Crippen molar-refractivity contribution in [2.45, 2.75) is 61.5 Å². The number of carbonyl (C=O) groups excluding carboxylic acids is 1. The van der Waals surface area contributed by atoms with Gasteiger partial charge in [0.1, 0.15) is 5.78 Å². The molecule has 0 N–H and O–H groups in total. The number of thioether (sulfide) groups is 1. The van der Waals surface area contributed by atoms with Gasteiger partial charge in [0.25, 0.3) is 0 Å². The van der Waals surface area contributed by atoms with Crippen LogP contribution in [-0.2, 0) is 17.6 Å². The quantitative estimate of drug-likeness (QED) is 0.629. The molecule has 2 aliphatic rings. The van der Waals surface area contributed by atoms with E-state index in [1.165, 1.54) is 33.6 Å². The normalized spacial score (nSPS) is 21.8. The van der Waals surface area contributed by atoms with Gasteiger partial charge < -0.3 is 0 Å². The Morgan fingerprint density at radius 3 is 2.73 bits per heavy atom. The van der Waals surface area contributed by atoms with Crippen LogP contribution >= 0.6 is 11.8 Å². The third kappa shape index (κ3) is 3.66. The van der Waals surface area contributed by atoms with Gasteiger partial charge in [-0.3, -0.25) is 4.79 Å². The van der Waals surface area contributed by atoms with Gasteiger partial charge in [-0.25, -0.2) is 0 Å². The number of ketones is 1. The number of benzene rings is 2. The topological polar surface area (TPSA) is 17.1 Å². The van der Waals surface area contributed by atoms with Crippen molar-refractivity contribution in [3.63, 3.8) is 0 Å². The van der Waals surface area contributed by atoms with Crippen molar-refractivity contribution in [3.05, 3.63) is 70.8 Å². The lowest BCUT2D eigenvalue weighted by Gasteiger charge is -2.23. The average Bonchev–Trinajstić information content (AvgIpc) is 3.05. The van der Waals surface area contributed by atoms with E-state index in [0.29, 0.717) is 11.7 Å². The molecule has 2 aromatic carbocycles. The Labute approximate surface area is 160 Å². The van der Waals surface area contributed by atoms with E-state index in [2.05, 4.69) is 61.5 Å². The van der Waals surface area contributed by atoms with Crippen molar-refractivity contribution in [2.24, 2.45) is 0 Å². The van der Waals surface area contributed by atoms with Crippen LogP contribution in [0, 0.1) is 0 Å². The standard InChI is InChI=1S/C24H26OS/c1-2-17-10-12-18(13-11-17)6-3-4-7-19-14-15-20-21-8-5-9-22(25)24(21)26-23(20)16-19/h4,7,10-16,21,24H,2-3,5-6,8-9H2,1H3. The van der Waals surface area contributed by atoms with Crippen molar-refractivity contribution in [1.82, 2.24) is 0 Å². The van der Waals surface area contributed by atoms with Crippen LogP contribution < -0.4 is 0 Å². The van der Waals surface area contributed by atoms with E-state index >= 15 is 0 Å². The summed E-state index contributed by atoms with van der Waals surface area (Å²) in [5, 5.41) is 0.184. The first-order valence-electron chi connectivity index (χ1n) is 9.82. The predicted molar refractivity (Wildman–Crippen MR) is 111 cm³/mol. The molecule has 0 spiro atoms. The minimum atomic E-state index is 0.184. The van der Waals surface area contributed by atoms with Crippen molar-refractivity contribution in [1.29, 1.82) is 0 Å². The van der Waals surface area contributed by atoms with E-state index in [9.17, 15) is 4.79 Å². The molecule has 2 aromatic rings. The zero-order valence-electron chi connectivity index (χ0n) is 15.4. The second-order valence-electron chi connectivity index (χ2n) is 7.41. The van der Waals surface area contributed by atoms with Crippen LogP contribution in [0.2, 0.25) is 0 Å². The maximum atomic E-state index is 12.2. The van der Waals surface area contributed by atoms with E-state index in [1.807, 2.05) is 0 Å². The summed E-state index contributed by atoms with van der Waals surface area (Å²) in [6.07, 6.45) is 10.7. The minimum Gasteiger partial charge on any atom is -0.298 e. The van der Waals surface area contributed by atoms with Crippen LogP contribution in [0.1, 0.15) is 60.8 Å². The second kappa shape index (κ2) is 7.84. The maximum Gasteiger partial charge on any atom is 0.146 e. The van der Waals surface area contributed by atoms with Gasteiger partial charge in [-0.15, -0.1) is 11.8 Å². The van der Waals surface area contributed by atoms with E-state index in [-0.39, 0.29) is 5.25 Å². The summed E-state index contributed by atoms with van der Waals surface area (Å²) in [5.74, 6) is 0.911. The fraction of sp³-hybridized carbons (Fsp3) is 0.375. The molecular weight excluding hydrogens is 336 g/mol. The number of hydrogen-bond donors (Lipinski definition) is 0. The van der Waals surface area contributed by atoms with E-state index in [1.54, 1.807) is 11.8 Å². The lowest BCUT2D eigenvalue weighted by Crippen LogP contribution is -2.25. The zero-order chi connectivity index (χ0) is 17.9. The van der Waals surface area contributed by atoms with Crippen molar-refractivity contribution >= 4 is 23.6 Å². The van der Waals surface area contributed by atoms with Gasteiger partial charge in [0, 0.05) is 17.2 Å². The average molecular weight is 363 g/mol. The van der Waals surface area contributed by atoms with Crippen LogP contribution in [0.3, 0.4) is 0 Å². The van der Waals surface area contributed by atoms with E-state index in [0.717, 1.165) is 32.1 Å². The first-order valence-corrected chi connectivity index (χ1v) is 10.7. The van der Waals surface area contributed by atoms with Crippen molar-refractivity contribution in [3.8, 4) is 0 Å². The van der Waals surface area contributed by atoms with Gasteiger partial charge in [-0.05, 0) is 60.4 Å². The lowest BCUT2D eigenvalue weighted by atomic mass is 9.83. The Morgan fingerprint density at radius 2 is 1.92 bits per heavy atom. The van der Waals surface area contributed by atoms with Crippen LogP contribution in [0.4, 0.5) is 0 Å². The highest BCUT2D eigenvalue weighted by molar-refractivity contribution is 8.01. The number of carbonyl (C=O) groups is 1. The van der Waals surface area contributed by atoms with Crippen LogP contribution in [-0.4, -0.2) is 11.0 Å². The Hall–Kier alpha value is -1.80. The smallest absolute Gasteiger partial charge is 0.146 e. The SMILES string of the molecule is CCc1ccc(CCC=Cc2ccc3c(c2)SC2C(=O)CCCC32)cc1. The Morgan fingerprint density at radius 1 is 1.12 bits per heavy atom. The first-order chi connectivity index (χ1) is 12.7. The molecule has 1 saturated carbocycles. The number of rotatable bonds is 5. The number of Topliss-reactive ketones (excluding diaryl/α,β-unsaturated/α-hetero) is 1. The number of fused-ring (bicyclic) bond motifs is 3. The molecule has 2 unspecified atom stereocenters. The highest BCUT2D eigenvalue weighted by Crippen LogP contribution is 2.50. The highest BCUT2D eigenvalue weighted by atomic mass is 32.2. The molecule has 0 bridgehead atoms. The largest absolute Gasteiger partial charge is 0.298 e. The Balaban J connectivity index is 1.38. The molecule has 1 fully saturated rings. The summed E-state index contributed by atoms with van der Waals surface area (Å²) >= 11 is 1.80. The summed E-state index contributed by atoms with van der Waals surface area (Å²) in [4.78, 5) is 13.5. The molecule has 4 rings (SSSR count). The summed E-state index contributed by atoms with van der Waals surface area (Å²) in [6, 6.07) is 15.7. The van der Waals surface area contributed by atoms with Gasteiger partial charge >= 0.3 is 0 Å². The van der Waals surface area contributed by atoms with Crippen LogP contribution in [0.15, 0.2) is 53.4 Å². The molecule has 1 aliphatic carbocycles. The molecule has 1 aliphatic heterocycles. The summed E-state index contributed by atoms with van der Waals surface area (Å²) in [6.45, 7) is 2.19. The van der Waals surface area contributed by atoms with Crippen molar-refractivity contribution in [2.75, 3.05) is 0 Å². The molecule has 0 saturated heterocycles. The third-order valence-electron chi connectivity index (χ3n) is 5.65. The van der Waals surface area contributed by atoms with Gasteiger partial charge in [-0.1, -0.05) is 55.5 Å². The molecule has 1 heterocycles. The fourth-order valence-corrected chi connectivity index (χ4v) is 5.62. The summed E-state index contributed by atoms with van der Waals surface area (Å²) in [5.41, 5.74) is 5.46. The van der Waals surface area contributed by atoms with E-state index < -0.39 is 0 Å². The molecule has 2 atom stereocenters. The first kappa shape index (κ1) is 17.6. The molecule has 26 heavy (non-hydrogen) atoms. The summed E-state index contributed by atoms with van der Waals surface area (Å²) in [7, 11) is 0. The van der Waals surface area contributed by atoms with Gasteiger partial charge in [-0.2, -0.15) is 0 Å². The monoisotopic (exact) mass is 362 g/mol. The van der Waals surface area contributed by atoms with E-state index in [4.69, 9.17) is 0 Å². The number of allylic oxidation sites excluding steroid dienone is 1. The van der Waals surface area contributed by atoms with Crippen LogP contribution in [0.5, 0.6) is 0 Å². The van der Waals surface area contributed by atoms with Crippen molar-refractivity contribution < 1.29 is 4.79 Å². The molecule has 2 heteroatoms. The lowest BCUT2D eigenvalue weighted by molar-refractivity contribution is -0.120. The predicted octanol–water partition coefficient (Wildman–Crippen LogP) is 6.21. The minimum absolute atomic E-state index is 0.184. The van der Waals surface area contributed by atoms with Gasteiger partial charge in [0.05, 0.1) is 5.25 Å². The molecule has 1 nitrogen and oxygen atoms in total.